The quantitative estimate of drug-likeness (QED) is 0.319. The molecule has 0 aromatic rings. The van der Waals surface area contributed by atoms with Crippen molar-refractivity contribution < 1.29 is 4.79 Å². The van der Waals surface area contributed by atoms with Gasteiger partial charge in [0.25, 0.3) is 0 Å². The summed E-state index contributed by atoms with van der Waals surface area (Å²) in [6, 6.07) is 0.412. The molecule has 0 radical (unpaired) electrons. The average molecular weight is 492 g/mol. The molecule has 0 atom stereocenters. The summed E-state index contributed by atoms with van der Waals surface area (Å²) < 4.78 is 0. The van der Waals surface area contributed by atoms with Crippen molar-refractivity contribution in [2.75, 3.05) is 26.2 Å². The van der Waals surface area contributed by atoms with Crippen molar-refractivity contribution in [2.24, 2.45) is 16.3 Å². The summed E-state index contributed by atoms with van der Waals surface area (Å²) in [7, 11) is 0. The van der Waals surface area contributed by atoms with Crippen molar-refractivity contribution in [3.8, 4) is 0 Å². The zero-order chi connectivity index (χ0) is 19.0. The molecule has 1 aliphatic carbocycles. The van der Waals surface area contributed by atoms with Crippen molar-refractivity contribution in [1.29, 1.82) is 0 Å². The lowest BCUT2D eigenvalue weighted by molar-refractivity contribution is -0.136. The minimum Gasteiger partial charge on any atom is -0.357 e. The Morgan fingerprint density at radius 2 is 1.74 bits per heavy atom. The number of nitrogens with zero attached hydrogens (tertiary/aromatic N) is 2. The second-order valence-corrected chi connectivity index (χ2v) is 8.47. The molecule has 0 bridgehead atoms. The van der Waals surface area contributed by atoms with Crippen LogP contribution >= 0.6 is 24.0 Å². The number of rotatable bonds is 7. The summed E-state index contributed by atoms with van der Waals surface area (Å²) in [5.74, 6) is 1.50. The zero-order valence-corrected chi connectivity index (χ0v) is 20.2. The maximum atomic E-state index is 12.5. The summed E-state index contributed by atoms with van der Waals surface area (Å²) in [6.07, 6.45) is 9.20. The van der Waals surface area contributed by atoms with Gasteiger partial charge in [0, 0.05) is 38.1 Å². The normalized spacial score (nSPS) is 20.5. The molecule has 0 aromatic heterocycles. The highest BCUT2D eigenvalue weighted by Crippen LogP contribution is 2.37. The van der Waals surface area contributed by atoms with E-state index in [2.05, 4.69) is 43.2 Å². The molecule has 0 aromatic carbocycles. The first kappa shape index (κ1) is 24.5. The van der Waals surface area contributed by atoms with Crippen LogP contribution in [0.2, 0.25) is 0 Å². The first-order valence-electron chi connectivity index (χ1n) is 10.8. The molecular weight excluding hydrogens is 451 g/mol. The summed E-state index contributed by atoms with van der Waals surface area (Å²) >= 11 is 0. The fraction of sp³-hybridized carbons (Fsp3) is 0.905. The predicted molar refractivity (Wildman–Crippen MR) is 125 cm³/mol. The number of carbonyl (C=O) groups is 1. The summed E-state index contributed by atoms with van der Waals surface area (Å²) in [5, 5.41) is 7.02. The molecule has 1 heterocycles. The fourth-order valence-corrected chi connectivity index (χ4v) is 4.31. The molecule has 2 N–H and O–H groups in total. The highest BCUT2D eigenvalue weighted by molar-refractivity contribution is 14.0. The lowest BCUT2D eigenvalue weighted by atomic mass is 9.89. The van der Waals surface area contributed by atoms with Crippen LogP contribution in [0.1, 0.15) is 79.1 Å². The Morgan fingerprint density at radius 1 is 1.15 bits per heavy atom. The van der Waals surface area contributed by atoms with Crippen LogP contribution in [-0.2, 0) is 4.79 Å². The number of likely N-dealkylation sites (tertiary alicyclic amines) is 1. The van der Waals surface area contributed by atoms with Crippen LogP contribution in [-0.4, -0.2) is 49.0 Å². The van der Waals surface area contributed by atoms with Crippen molar-refractivity contribution in [3.63, 3.8) is 0 Å². The molecule has 0 spiro atoms. The van der Waals surface area contributed by atoms with Crippen LogP contribution < -0.4 is 10.6 Å². The molecular formula is C21H41IN4O. The second-order valence-electron chi connectivity index (χ2n) is 8.47. The summed E-state index contributed by atoms with van der Waals surface area (Å²) in [5.41, 5.74) is 0.382. The molecule has 27 heavy (non-hydrogen) atoms. The van der Waals surface area contributed by atoms with E-state index in [1.54, 1.807) is 0 Å². The van der Waals surface area contributed by atoms with Gasteiger partial charge < -0.3 is 15.5 Å². The van der Waals surface area contributed by atoms with Crippen LogP contribution in [0.3, 0.4) is 0 Å². The van der Waals surface area contributed by atoms with E-state index in [1.807, 2.05) is 0 Å². The number of hydrogen-bond donors (Lipinski definition) is 2. The molecule has 6 heteroatoms. The smallest absolute Gasteiger partial charge is 0.225 e. The van der Waals surface area contributed by atoms with Crippen molar-refractivity contribution in [2.45, 2.75) is 85.1 Å². The maximum Gasteiger partial charge on any atom is 0.225 e. The molecule has 1 amide bonds. The Bertz CT molecular complexity index is 465. The molecule has 5 nitrogen and oxygen atoms in total. The molecule has 1 saturated carbocycles. The van der Waals surface area contributed by atoms with Crippen LogP contribution in [0.5, 0.6) is 0 Å². The summed E-state index contributed by atoms with van der Waals surface area (Å²) in [6.45, 7) is 12.2. The van der Waals surface area contributed by atoms with Gasteiger partial charge in [0.2, 0.25) is 5.91 Å². The van der Waals surface area contributed by atoms with E-state index < -0.39 is 0 Å². The molecule has 158 valence electrons. The monoisotopic (exact) mass is 492 g/mol. The van der Waals surface area contributed by atoms with Gasteiger partial charge in [-0.3, -0.25) is 9.79 Å². The molecule has 2 rings (SSSR count). The lowest BCUT2D eigenvalue weighted by Crippen LogP contribution is -2.50. The Hall–Kier alpha value is -0.530. The number of hydrogen-bond acceptors (Lipinski definition) is 2. The standard InChI is InChI=1S/C21H40N4O.HI/c1-5-17(6-2)19(26)25-14-10-18(11-15-25)24-20(22-7-3)23-16-21(4)12-8-9-13-21;/h17-18H,5-16H2,1-4H3,(H2,22,23,24);1H. The molecule has 2 aliphatic rings. The van der Waals surface area contributed by atoms with Crippen LogP contribution in [0.15, 0.2) is 4.99 Å². The third-order valence-electron chi connectivity index (χ3n) is 6.26. The van der Waals surface area contributed by atoms with Gasteiger partial charge in [0.15, 0.2) is 5.96 Å². The lowest BCUT2D eigenvalue weighted by Gasteiger charge is -2.35. The van der Waals surface area contributed by atoms with Gasteiger partial charge in [-0.25, -0.2) is 0 Å². The summed E-state index contributed by atoms with van der Waals surface area (Å²) in [4.78, 5) is 19.5. The van der Waals surface area contributed by atoms with Gasteiger partial charge in [0.05, 0.1) is 0 Å². The molecule has 1 aliphatic heterocycles. The van der Waals surface area contributed by atoms with Crippen LogP contribution in [0.4, 0.5) is 0 Å². The predicted octanol–water partition coefficient (Wildman–Crippen LogP) is 4.17. The van der Waals surface area contributed by atoms with E-state index in [1.165, 1.54) is 25.7 Å². The number of guanidine groups is 1. The highest BCUT2D eigenvalue weighted by atomic mass is 127. The van der Waals surface area contributed by atoms with Gasteiger partial charge in [-0.1, -0.05) is 33.6 Å². The maximum absolute atomic E-state index is 12.5. The second kappa shape index (κ2) is 12.1. The molecule has 2 fully saturated rings. The highest BCUT2D eigenvalue weighted by Gasteiger charge is 2.29. The van der Waals surface area contributed by atoms with E-state index in [4.69, 9.17) is 4.99 Å². The van der Waals surface area contributed by atoms with Crippen LogP contribution in [0.25, 0.3) is 0 Å². The van der Waals surface area contributed by atoms with Crippen LogP contribution in [0, 0.1) is 11.3 Å². The average Bonchev–Trinajstić information content (AvgIpc) is 3.08. The number of halogens is 1. The Kier molecular flexibility index (Phi) is 11.0. The Morgan fingerprint density at radius 3 is 2.26 bits per heavy atom. The molecule has 0 unspecified atom stereocenters. The van der Waals surface area contributed by atoms with Crippen molar-refractivity contribution in [1.82, 2.24) is 15.5 Å². The fourth-order valence-electron chi connectivity index (χ4n) is 4.31. The topological polar surface area (TPSA) is 56.7 Å². The van der Waals surface area contributed by atoms with E-state index in [0.29, 0.717) is 17.4 Å². The minimum absolute atomic E-state index is 0. The zero-order valence-electron chi connectivity index (χ0n) is 17.9. The molecule has 1 saturated heterocycles. The minimum atomic E-state index is 0. The van der Waals surface area contributed by atoms with Gasteiger partial charge in [-0.2, -0.15) is 0 Å². The third-order valence-corrected chi connectivity index (χ3v) is 6.26. The van der Waals surface area contributed by atoms with Gasteiger partial charge >= 0.3 is 0 Å². The number of carbonyl (C=O) groups excluding carboxylic acids is 1. The SMILES string of the molecule is CCNC(=NCC1(C)CCCC1)NC1CCN(C(=O)C(CC)CC)CC1.I. The Labute approximate surface area is 183 Å². The first-order valence-corrected chi connectivity index (χ1v) is 10.8. The number of nitrogens with one attached hydrogen (secondary N) is 2. The Balaban J connectivity index is 0.00000364. The third kappa shape index (κ3) is 7.42. The van der Waals surface area contributed by atoms with Gasteiger partial charge in [-0.05, 0) is 50.9 Å². The largest absolute Gasteiger partial charge is 0.357 e. The van der Waals surface area contributed by atoms with Crippen molar-refractivity contribution >= 4 is 35.8 Å². The van der Waals surface area contributed by atoms with E-state index in [0.717, 1.165) is 57.8 Å². The van der Waals surface area contributed by atoms with Crippen molar-refractivity contribution in [3.05, 3.63) is 0 Å². The number of piperidine rings is 1. The number of aliphatic imine (C=N–C) groups is 1. The first-order chi connectivity index (χ1) is 12.5. The van der Waals surface area contributed by atoms with Gasteiger partial charge in [0.1, 0.15) is 0 Å². The number of amides is 1. The van der Waals surface area contributed by atoms with E-state index in [9.17, 15) is 4.79 Å². The van der Waals surface area contributed by atoms with Gasteiger partial charge in [-0.15, -0.1) is 24.0 Å². The van der Waals surface area contributed by atoms with E-state index in [-0.39, 0.29) is 29.9 Å². The van der Waals surface area contributed by atoms with E-state index >= 15 is 0 Å².